The van der Waals surface area contributed by atoms with Gasteiger partial charge in [-0.15, -0.1) is 0 Å². The fourth-order valence-corrected chi connectivity index (χ4v) is 2.65. The zero-order valence-corrected chi connectivity index (χ0v) is 13.5. The summed E-state index contributed by atoms with van der Waals surface area (Å²) in [5, 5.41) is 10.4. The van der Waals surface area contributed by atoms with Crippen LogP contribution >= 0.6 is 0 Å². The Morgan fingerprint density at radius 3 is 2.30 bits per heavy atom. The Bertz CT molecular complexity index is 416. The van der Waals surface area contributed by atoms with Gasteiger partial charge in [-0.25, -0.2) is 0 Å². The highest BCUT2D eigenvalue weighted by Crippen LogP contribution is 2.39. The van der Waals surface area contributed by atoms with Gasteiger partial charge in [-0.2, -0.15) is 0 Å². The summed E-state index contributed by atoms with van der Waals surface area (Å²) >= 11 is 0. The first-order chi connectivity index (χ1) is 9.47. The topological polar surface area (TPSA) is 46.5 Å². The minimum Gasteiger partial charge on any atom is -0.454 e. The standard InChI is InChI=1S/C17H28O3/c1-6-12(7-2)11-14-15(13(8-3)9-4)20-17(19,10-5)16(14)18/h8,12,19H,6-7,9-11H2,1-5H3/b13-8+/t17-/m0/s1. The number of carbonyl (C=O) groups excluding carboxylic acids is 1. The van der Waals surface area contributed by atoms with Crippen molar-refractivity contribution in [2.45, 2.75) is 72.5 Å². The molecule has 0 aromatic rings. The van der Waals surface area contributed by atoms with Gasteiger partial charge in [-0.1, -0.05) is 46.6 Å². The van der Waals surface area contributed by atoms with Gasteiger partial charge >= 0.3 is 0 Å². The number of aliphatic hydroxyl groups is 1. The summed E-state index contributed by atoms with van der Waals surface area (Å²) in [6.07, 6.45) is 5.80. The van der Waals surface area contributed by atoms with Crippen LogP contribution < -0.4 is 0 Å². The number of rotatable bonds is 7. The van der Waals surface area contributed by atoms with E-state index in [1.54, 1.807) is 6.92 Å². The van der Waals surface area contributed by atoms with Crippen LogP contribution in [-0.2, 0) is 9.53 Å². The molecule has 1 atom stereocenters. The van der Waals surface area contributed by atoms with Crippen molar-refractivity contribution in [2.24, 2.45) is 5.92 Å². The Hall–Kier alpha value is -1.09. The maximum absolute atomic E-state index is 12.5. The molecule has 0 aromatic carbocycles. The molecule has 3 heteroatoms. The highest BCUT2D eigenvalue weighted by atomic mass is 16.6. The first kappa shape index (κ1) is 17.0. The van der Waals surface area contributed by atoms with E-state index in [4.69, 9.17) is 4.74 Å². The highest BCUT2D eigenvalue weighted by molar-refractivity contribution is 6.03. The molecule has 0 saturated carbocycles. The van der Waals surface area contributed by atoms with Gasteiger partial charge < -0.3 is 9.84 Å². The lowest BCUT2D eigenvalue weighted by Gasteiger charge is -2.20. The summed E-state index contributed by atoms with van der Waals surface area (Å²) in [5.74, 6) is -0.812. The van der Waals surface area contributed by atoms with E-state index in [1.165, 1.54) is 0 Å². The molecule has 0 amide bonds. The Balaban J connectivity index is 3.19. The molecule has 3 nitrogen and oxygen atoms in total. The zero-order chi connectivity index (χ0) is 15.3. The normalized spacial score (nSPS) is 23.8. The van der Waals surface area contributed by atoms with E-state index in [-0.39, 0.29) is 12.2 Å². The van der Waals surface area contributed by atoms with E-state index in [9.17, 15) is 9.90 Å². The molecule has 114 valence electrons. The number of carbonyl (C=O) groups is 1. The third-order valence-electron chi connectivity index (χ3n) is 4.32. The molecule has 1 heterocycles. The highest BCUT2D eigenvalue weighted by Gasteiger charge is 2.47. The molecule has 0 fully saturated rings. The number of allylic oxidation sites excluding steroid dienone is 2. The molecule has 0 aromatic heterocycles. The average molecular weight is 280 g/mol. The summed E-state index contributed by atoms with van der Waals surface area (Å²) in [6, 6.07) is 0. The SMILES string of the molecule is C/C=C(\CC)C1=C(CC(CC)CC)C(=O)[C@](O)(CC)O1. The number of Topliss-reactive ketones (excluding diaryl/α,β-unsaturated/α-hetero) is 1. The van der Waals surface area contributed by atoms with Crippen LogP contribution in [0.3, 0.4) is 0 Å². The van der Waals surface area contributed by atoms with Crippen molar-refractivity contribution in [3.05, 3.63) is 23.0 Å². The molecular weight excluding hydrogens is 252 g/mol. The van der Waals surface area contributed by atoms with Crippen LogP contribution in [0, 0.1) is 5.92 Å². The van der Waals surface area contributed by atoms with Crippen molar-refractivity contribution < 1.29 is 14.6 Å². The Morgan fingerprint density at radius 2 is 1.90 bits per heavy atom. The van der Waals surface area contributed by atoms with E-state index < -0.39 is 5.79 Å². The van der Waals surface area contributed by atoms with Gasteiger partial charge in [0.05, 0.1) is 0 Å². The second-order valence-corrected chi connectivity index (χ2v) is 5.43. The van der Waals surface area contributed by atoms with Crippen molar-refractivity contribution in [1.82, 2.24) is 0 Å². The fourth-order valence-electron chi connectivity index (χ4n) is 2.65. The summed E-state index contributed by atoms with van der Waals surface area (Å²) in [4.78, 5) is 12.5. The van der Waals surface area contributed by atoms with Gasteiger partial charge in [0.1, 0.15) is 5.76 Å². The molecule has 20 heavy (non-hydrogen) atoms. The molecule has 0 bridgehead atoms. The van der Waals surface area contributed by atoms with Crippen LogP contribution in [0.25, 0.3) is 0 Å². The minimum atomic E-state index is -1.65. The largest absolute Gasteiger partial charge is 0.454 e. The molecule has 1 rings (SSSR count). The van der Waals surface area contributed by atoms with Crippen molar-refractivity contribution in [1.29, 1.82) is 0 Å². The molecule has 1 N–H and O–H groups in total. The second kappa shape index (κ2) is 7.07. The first-order valence-electron chi connectivity index (χ1n) is 7.82. The summed E-state index contributed by atoms with van der Waals surface area (Å²) in [5.41, 5.74) is 1.68. The lowest BCUT2D eigenvalue weighted by Crippen LogP contribution is -2.36. The van der Waals surface area contributed by atoms with Gasteiger partial charge in [0.25, 0.3) is 5.79 Å². The van der Waals surface area contributed by atoms with Crippen molar-refractivity contribution in [2.75, 3.05) is 0 Å². The van der Waals surface area contributed by atoms with Crippen LogP contribution in [-0.4, -0.2) is 16.7 Å². The van der Waals surface area contributed by atoms with E-state index in [0.29, 0.717) is 23.7 Å². The molecular formula is C17H28O3. The van der Waals surface area contributed by atoms with E-state index in [0.717, 1.165) is 24.8 Å². The molecule has 0 radical (unpaired) electrons. The molecule has 0 saturated heterocycles. The second-order valence-electron chi connectivity index (χ2n) is 5.43. The van der Waals surface area contributed by atoms with Gasteiger partial charge in [0.15, 0.2) is 0 Å². The first-order valence-corrected chi connectivity index (χ1v) is 7.82. The Morgan fingerprint density at radius 1 is 1.30 bits per heavy atom. The van der Waals surface area contributed by atoms with Crippen molar-refractivity contribution >= 4 is 5.78 Å². The van der Waals surface area contributed by atoms with Crippen LogP contribution in [0.4, 0.5) is 0 Å². The van der Waals surface area contributed by atoms with Crippen LogP contribution in [0.15, 0.2) is 23.0 Å². The van der Waals surface area contributed by atoms with Crippen LogP contribution in [0.2, 0.25) is 0 Å². The zero-order valence-electron chi connectivity index (χ0n) is 13.5. The third kappa shape index (κ3) is 3.14. The minimum absolute atomic E-state index is 0.241. The molecule has 0 aliphatic carbocycles. The van der Waals surface area contributed by atoms with Crippen LogP contribution in [0.5, 0.6) is 0 Å². The molecule has 0 unspecified atom stereocenters. The third-order valence-corrected chi connectivity index (χ3v) is 4.32. The van der Waals surface area contributed by atoms with Gasteiger partial charge in [0, 0.05) is 12.0 Å². The van der Waals surface area contributed by atoms with Gasteiger partial charge in [-0.3, -0.25) is 4.79 Å². The summed E-state index contributed by atoms with van der Waals surface area (Å²) < 4.78 is 5.67. The Labute approximate surface area is 122 Å². The van der Waals surface area contributed by atoms with Gasteiger partial charge in [-0.05, 0) is 31.3 Å². The van der Waals surface area contributed by atoms with E-state index >= 15 is 0 Å². The van der Waals surface area contributed by atoms with Gasteiger partial charge in [0.2, 0.25) is 5.78 Å². The van der Waals surface area contributed by atoms with Crippen molar-refractivity contribution in [3.8, 4) is 0 Å². The predicted molar refractivity (Wildman–Crippen MR) is 81.1 cm³/mol. The van der Waals surface area contributed by atoms with E-state index in [1.807, 2.05) is 19.9 Å². The monoisotopic (exact) mass is 280 g/mol. The molecule has 0 spiro atoms. The summed E-state index contributed by atoms with van der Waals surface area (Å²) in [7, 11) is 0. The number of ketones is 1. The predicted octanol–water partition coefficient (Wildman–Crippen LogP) is 4.12. The maximum atomic E-state index is 12.5. The molecule has 1 aliphatic heterocycles. The quantitative estimate of drug-likeness (QED) is 0.763. The maximum Gasteiger partial charge on any atom is 0.272 e. The molecule has 1 aliphatic rings. The fraction of sp³-hybridized carbons (Fsp3) is 0.706. The van der Waals surface area contributed by atoms with Crippen LogP contribution in [0.1, 0.15) is 66.7 Å². The van der Waals surface area contributed by atoms with Crippen molar-refractivity contribution in [3.63, 3.8) is 0 Å². The Kier molecular flexibility index (Phi) is 6.00. The average Bonchev–Trinajstić information content (AvgIpc) is 2.71. The number of hydrogen-bond donors (Lipinski definition) is 1. The lowest BCUT2D eigenvalue weighted by atomic mass is 9.89. The number of ether oxygens (including phenoxy) is 1. The number of hydrogen-bond acceptors (Lipinski definition) is 3. The summed E-state index contributed by atoms with van der Waals surface area (Å²) in [6.45, 7) is 10.0. The van der Waals surface area contributed by atoms with E-state index in [2.05, 4.69) is 13.8 Å². The smallest absolute Gasteiger partial charge is 0.272 e. The lowest BCUT2D eigenvalue weighted by molar-refractivity contribution is -0.177.